The Morgan fingerprint density at radius 1 is 0.467 bits per heavy atom. The van der Waals surface area contributed by atoms with Gasteiger partial charge in [-0.2, -0.15) is 0 Å². The number of amides is 3. The molecular weight excluding hydrogens is 927 g/mol. The second-order valence-electron chi connectivity index (χ2n) is 19.4. The highest BCUT2D eigenvalue weighted by atomic mass is 16.3. The van der Waals surface area contributed by atoms with Crippen molar-refractivity contribution in [2.45, 2.75) is 212 Å². The monoisotopic (exact) mass is 1030 g/mol. The highest BCUT2D eigenvalue weighted by Gasteiger charge is 2.33. The highest BCUT2D eigenvalue weighted by molar-refractivity contribution is 5.88. The van der Waals surface area contributed by atoms with Crippen molar-refractivity contribution in [1.29, 1.82) is 0 Å². The minimum Gasteiger partial charge on any atom is -0.394 e. The molecule has 0 unspecified atom stereocenters. The van der Waals surface area contributed by atoms with Crippen LogP contribution in [-0.4, -0.2) is 59.3 Å². The van der Waals surface area contributed by atoms with Crippen molar-refractivity contribution < 1.29 is 24.6 Å². The molecule has 75 heavy (non-hydrogen) atoms. The van der Waals surface area contributed by atoms with Gasteiger partial charge in [0, 0.05) is 19.4 Å². The number of aliphatic hydroxyl groups is 2. The molecule has 8 heteroatoms. The van der Waals surface area contributed by atoms with Crippen molar-refractivity contribution in [2.75, 3.05) is 19.8 Å². The molecule has 416 valence electrons. The Balaban J connectivity index is 2.66. The SMILES string of the molecule is CCC=CCC=CCC=CCC=CCC=CCC=CCCC(=O)N[C@@H](CCCCNC(=O)CCCC=CCC=CCC=CCC=CCC=CCC)C(=O)NC(CO)(CO)CCc1ccc(CCCCCCCC)cc1. The number of aliphatic hydroxyl groups excluding tert-OH is 2. The molecule has 0 saturated heterocycles. The average Bonchev–Trinajstić information content (AvgIpc) is 3.42. The number of carbonyl (C=O) groups is 3. The van der Waals surface area contributed by atoms with Gasteiger partial charge in [0.1, 0.15) is 6.04 Å². The minimum atomic E-state index is -1.26. The lowest BCUT2D eigenvalue weighted by atomic mass is 9.91. The topological polar surface area (TPSA) is 128 Å². The third kappa shape index (κ3) is 41.6. The van der Waals surface area contributed by atoms with E-state index < -0.39 is 30.7 Å². The number of rotatable bonds is 47. The predicted molar refractivity (Wildman–Crippen MR) is 321 cm³/mol. The minimum absolute atomic E-state index is 0.00228. The summed E-state index contributed by atoms with van der Waals surface area (Å²) in [7, 11) is 0. The van der Waals surface area contributed by atoms with E-state index in [0.717, 1.165) is 95.5 Å². The quantitative estimate of drug-likeness (QED) is 0.0328. The molecule has 0 radical (unpaired) electrons. The van der Waals surface area contributed by atoms with Crippen LogP contribution in [0.2, 0.25) is 0 Å². The first-order valence-electron chi connectivity index (χ1n) is 29.1. The second-order valence-corrected chi connectivity index (χ2v) is 19.4. The summed E-state index contributed by atoms with van der Waals surface area (Å²) in [6, 6.07) is 7.64. The van der Waals surface area contributed by atoms with Crippen LogP contribution in [-0.2, 0) is 27.2 Å². The summed E-state index contributed by atoms with van der Waals surface area (Å²) in [5.41, 5.74) is 1.11. The van der Waals surface area contributed by atoms with Crippen molar-refractivity contribution in [1.82, 2.24) is 16.0 Å². The maximum Gasteiger partial charge on any atom is 0.243 e. The first kappa shape index (κ1) is 67.7. The molecule has 5 N–H and O–H groups in total. The van der Waals surface area contributed by atoms with E-state index in [0.29, 0.717) is 51.5 Å². The summed E-state index contributed by atoms with van der Waals surface area (Å²) < 4.78 is 0. The fraction of sp³-hybridized carbons (Fsp3) is 0.537. The summed E-state index contributed by atoms with van der Waals surface area (Å²) in [4.78, 5) is 39.8. The van der Waals surface area contributed by atoms with Crippen LogP contribution in [0.15, 0.2) is 158 Å². The summed E-state index contributed by atoms with van der Waals surface area (Å²) >= 11 is 0. The summed E-state index contributed by atoms with van der Waals surface area (Å²) in [5, 5.41) is 30.0. The van der Waals surface area contributed by atoms with Crippen molar-refractivity contribution in [3.8, 4) is 0 Å². The number of hydrogen-bond acceptors (Lipinski definition) is 5. The zero-order valence-electron chi connectivity index (χ0n) is 47.1. The van der Waals surface area contributed by atoms with Crippen LogP contribution in [0.3, 0.4) is 0 Å². The molecule has 0 bridgehead atoms. The van der Waals surface area contributed by atoms with E-state index in [2.05, 4.69) is 183 Å². The van der Waals surface area contributed by atoms with Crippen LogP contribution < -0.4 is 16.0 Å². The first-order valence-corrected chi connectivity index (χ1v) is 29.1. The van der Waals surface area contributed by atoms with Gasteiger partial charge in [-0.15, -0.1) is 0 Å². The van der Waals surface area contributed by atoms with Crippen LogP contribution in [0, 0.1) is 0 Å². The van der Waals surface area contributed by atoms with Crippen LogP contribution in [0.5, 0.6) is 0 Å². The zero-order chi connectivity index (χ0) is 54.4. The van der Waals surface area contributed by atoms with E-state index >= 15 is 0 Å². The summed E-state index contributed by atoms with van der Waals surface area (Å²) in [6.07, 6.45) is 71.9. The van der Waals surface area contributed by atoms with Gasteiger partial charge in [-0.05, 0) is 146 Å². The maximum atomic E-state index is 13.9. The highest BCUT2D eigenvalue weighted by Crippen LogP contribution is 2.18. The molecule has 0 aliphatic rings. The van der Waals surface area contributed by atoms with Gasteiger partial charge < -0.3 is 26.2 Å². The van der Waals surface area contributed by atoms with E-state index in [1.165, 1.54) is 44.1 Å². The molecule has 1 aromatic rings. The molecule has 0 spiro atoms. The Kier molecular flexibility index (Phi) is 45.9. The van der Waals surface area contributed by atoms with Gasteiger partial charge in [0.25, 0.3) is 0 Å². The molecule has 1 atom stereocenters. The Bertz CT molecular complexity index is 1910. The van der Waals surface area contributed by atoms with Crippen molar-refractivity contribution in [2.24, 2.45) is 0 Å². The number of unbranched alkanes of at least 4 members (excludes halogenated alkanes) is 7. The lowest BCUT2D eigenvalue weighted by Gasteiger charge is -2.33. The standard InChI is InChI=1S/C67H103N3O5/c1-4-7-10-13-16-18-20-22-24-26-27-29-31-33-35-37-39-42-45-51-65(74)69-63(66(75)70-67(59-71,60-72)57-56-62-54-52-61(53-55-62)48-43-40-15-12-9-6-3)49-46-47-58-68-64(73)50-44-41-38-36-34-32-30-28-25-23-21-19-17-14-11-8-5-2/h7-8,10-11,16-19,22-25,27,29-30,32-33,35-36,38-39,42,52-55,63,71-72H,4-6,9,12-15,20-21,26,28,31,34,37,40-41,43-51,56-60H2,1-3H3,(H,68,73)(H,69,74)(H,70,75)/t63-/m0/s1. The second kappa shape index (κ2) is 50.8. The maximum absolute atomic E-state index is 13.9. The first-order chi connectivity index (χ1) is 36.8. The normalized spacial score (nSPS) is 13.2. The Morgan fingerprint density at radius 3 is 1.36 bits per heavy atom. The third-order valence-corrected chi connectivity index (χ3v) is 12.7. The number of aryl methyl sites for hydroxylation is 2. The van der Waals surface area contributed by atoms with Crippen molar-refractivity contribution in [3.05, 3.63) is 169 Å². The molecule has 0 aliphatic carbocycles. The smallest absolute Gasteiger partial charge is 0.243 e. The average molecular weight is 1030 g/mol. The third-order valence-electron chi connectivity index (χ3n) is 12.7. The molecule has 0 saturated carbocycles. The molecular formula is C67H103N3O5. The van der Waals surface area contributed by atoms with Gasteiger partial charge >= 0.3 is 0 Å². The number of allylic oxidation sites excluding steroid dienone is 22. The molecule has 0 fully saturated rings. The van der Waals surface area contributed by atoms with Crippen LogP contribution in [0.4, 0.5) is 0 Å². The summed E-state index contributed by atoms with van der Waals surface area (Å²) in [6.45, 7) is 6.11. The fourth-order valence-electron chi connectivity index (χ4n) is 7.99. The van der Waals surface area contributed by atoms with Gasteiger partial charge in [0.2, 0.25) is 17.7 Å². The van der Waals surface area contributed by atoms with Crippen LogP contribution >= 0.6 is 0 Å². The lowest BCUT2D eigenvalue weighted by molar-refractivity contribution is -0.131. The molecule has 3 amide bonds. The van der Waals surface area contributed by atoms with Gasteiger partial charge in [-0.25, -0.2) is 0 Å². The zero-order valence-corrected chi connectivity index (χ0v) is 47.1. The summed E-state index contributed by atoms with van der Waals surface area (Å²) in [5.74, 6) is -0.675. The fourth-order valence-corrected chi connectivity index (χ4v) is 7.99. The Labute approximate surface area is 457 Å². The number of benzene rings is 1. The van der Waals surface area contributed by atoms with Gasteiger partial charge in [-0.3, -0.25) is 14.4 Å². The largest absolute Gasteiger partial charge is 0.394 e. The molecule has 0 aromatic heterocycles. The number of carbonyl (C=O) groups excluding carboxylic acids is 3. The van der Waals surface area contributed by atoms with E-state index in [4.69, 9.17) is 0 Å². The van der Waals surface area contributed by atoms with E-state index in [-0.39, 0.29) is 18.2 Å². The Hall–Kier alpha value is -5.31. The molecule has 1 aromatic carbocycles. The lowest BCUT2D eigenvalue weighted by Crippen LogP contribution is -2.59. The van der Waals surface area contributed by atoms with E-state index in [1.54, 1.807) is 0 Å². The van der Waals surface area contributed by atoms with E-state index in [9.17, 15) is 24.6 Å². The van der Waals surface area contributed by atoms with Crippen molar-refractivity contribution in [3.63, 3.8) is 0 Å². The molecule has 0 heterocycles. The van der Waals surface area contributed by atoms with Crippen LogP contribution in [0.25, 0.3) is 0 Å². The molecule has 1 rings (SSSR count). The van der Waals surface area contributed by atoms with Crippen molar-refractivity contribution >= 4 is 17.7 Å². The molecule has 0 aliphatic heterocycles. The Morgan fingerprint density at radius 2 is 0.893 bits per heavy atom. The predicted octanol–water partition coefficient (Wildman–Crippen LogP) is 15.5. The van der Waals surface area contributed by atoms with Crippen LogP contribution in [0.1, 0.15) is 199 Å². The number of hydrogen-bond donors (Lipinski definition) is 5. The van der Waals surface area contributed by atoms with Gasteiger partial charge in [0.15, 0.2) is 0 Å². The van der Waals surface area contributed by atoms with Gasteiger partial charge in [-0.1, -0.05) is 211 Å². The molecule has 8 nitrogen and oxygen atoms in total. The van der Waals surface area contributed by atoms with Gasteiger partial charge in [0.05, 0.1) is 18.8 Å². The number of nitrogens with one attached hydrogen (secondary N) is 3. The van der Waals surface area contributed by atoms with E-state index in [1.807, 2.05) is 12.2 Å².